The van der Waals surface area contributed by atoms with Crippen LogP contribution in [0.15, 0.2) is 264 Å². The van der Waals surface area contributed by atoms with E-state index in [4.69, 9.17) is 9.15 Å². The predicted octanol–water partition coefficient (Wildman–Crippen LogP) is 17.9. The van der Waals surface area contributed by atoms with Gasteiger partial charge in [0.15, 0.2) is 11.3 Å². The molecule has 1 aliphatic heterocycles. The van der Waals surface area contributed by atoms with Crippen molar-refractivity contribution < 1.29 is 9.15 Å². The topological polar surface area (TPSA) is 28.9 Å². The summed E-state index contributed by atoms with van der Waals surface area (Å²) in [5.74, 6) is 1.79. The summed E-state index contributed by atoms with van der Waals surface area (Å²) >= 11 is 0. The van der Waals surface area contributed by atoms with Gasteiger partial charge in [-0.25, -0.2) is 0 Å². The lowest BCUT2D eigenvalue weighted by molar-refractivity contribution is 0.376. The molecule has 9 aromatic carbocycles. The van der Waals surface area contributed by atoms with Gasteiger partial charge >= 0.3 is 0 Å². The molecule has 0 saturated heterocycles. The van der Waals surface area contributed by atoms with Crippen molar-refractivity contribution >= 4 is 55.9 Å². The van der Waals surface area contributed by atoms with Crippen molar-refractivity contribution in [1.82, 2.24) is 0 Å². The maximum Gasteiger partial charge on any atom is 0.159 e. The van der Waals surface area contributed by atoms with Crippen LogP contribution in [-0.2, 0) is 5.41 Å². The molecule has 14 rings (SSSR count). The fraction of sp³-hybridized carbons (Fsp3) is 0.0746. The number of furan rings is 1. The Morgan fingerprint density at radius 2 is 1.08 bits per heavy atom. The van der Waals surface area contributed by atoms with Crippen LogP contribution < -0.4 is 14.5 Å². The first-order valence-corrected chi connectivity index (χ1v) is 24.9. The van der Waals surface area contributed by atoms with Crippen LogP contribution in [0.25, 0.3) is 49.8 Å². The summed E-state index contributed by atoms with van der Waals surface area (Å²) in [6, 6.07) is 79.1. The molecule has 71 heavy (non-hydrogen) atoms. The van der Waals surface area contributed by atoms with Crippen molar-refractivity contribution in [3.05, 3.63) is 282 Å². The molecule has 3 aliphatic carbocycles. The number of benzene rings is 9. The van der Waals surface area contributed by atoms with Crippen molar-refractivity contribution in [2.24, 2.45) is 0 Å². The highest BCUT2D eigenvalue weighted by molar-refractivity contribution is 6.11. The van der Waals surface area contributed by atoms with Crippen LogP contribution in [-0.4, -0.2) is 0 Å². The Bertz CT molecular complexity index is 3830. The molecule has 4 nitrogen and oxygen atoms in total. The number of hydrogen-bond donors (Lipinski definition) is 0. The molecule has 1 spiro atoms. The number of ether oxygens (including phenoxy) is 1. The second-order valence-corrected chi connectivity index (χ2v) is 18.9. The number of fused-ring (bicyclic) bond motifs is 12. The maximum absolute atomic E-state index is 7.27. The van der Waals surface area contributed by atoms with Crippen LogP contribution in [0, 0.1) is 0 Å². The van der Waals surface area contributed by atoms with Gasteiger partial charge < -0.3 is 19.0 Å². The van der Waals surface area contributed by atoms with Gasteiger partial charge in [0.25, 0.3) is 0 Å². The van der Waals surface area contributed by atoms with Crippen molar-refractivity contribution in [1.29, 1.82) is 0 Å². The fourth-order valence-corrected chi connectivity index (χ4v) is 12.0. The third-order valence-electron chi connectivity index (χ3n) is 15.0. The summed E-state index contributed by atoms with van der Waals surface area (Å²) in [6.45, 7) is 0. The standard InChI is InChI=1S/C67H48N2O2/c1-4-20-45(21-5-1)47-24-16-28-50(42-47)69(51-29-17-25-48(43-51)46-22-6-2-7-23-46)61-37-18-32-56-55-41-40-52(44-64(55)71-65(56)61)68(49-26-8-3-9-27-49)62-38-19-36-60-66(62)70-63-39-15-14-35-59(63)67(60)57-33-12-10-30-53(57)54-31-11-13-34-58(54)67/h1-6,8-18,20-22,24-37,39-44H,7,19,23,38H2. The fourth-order valence-electron chi connectivity index (χ4n) is 12.0. The van der Waals surface area contributed by atoms with Gasteiger partial charge in [-0.2, -0.15) is 0 Å². The first kappa shape index (κ1) is 41.1. The van der Waals surface area contributed by atoms with Gasteiger partial charge in [0.05, 0.1) is 16.8 Å². The van der Waals surface area contributed by atoms with Crippen LogP contribution in [0.3, 0.4) is 0 Å². The lowest BCUT2D eigenvalue weighted by Gasteiger charge is -2.44. The molecule has 4 heteroatoms. The average Bonchev–Trinajstić information content (AvgIpc) is 3.96. The van der Waals surface area contributed by atoms with E-state index in [1.807, 2.05) is 0 Å². The van der Waals surface area contributed by atoms with E-state index in [1.165, 1.54) is 50.1 Å². The first-order chi connectivity index (χ1) is 35.2. The molecule has 0 fully saturated rings. The Labute approximate surface area is 414 Å². The number of hydrogen-bond acceptors (Lipinski definition) is 4. The summed E-state index contributed by atoms with van der Waals surface area (Å²) in [6.07, 6.45) is 12.8. The molecule has 0 saturated carbocycles. The van der Waals surface area contributed by atoms with E-state index in [1.54, 1.807) is 0 Å². The van der Waals surface area contributed by atoms with Crippen molar-refractivity contribution in [3.63, 3.8) is 0 Å². The monoisotopic (exact) mass is 912 g/mol. The average molecular weight is 913 g/mol. The molecule has 0 amide bonds. The minimum Gasteiger partial charge on any atom is -0.455 e. The Hall–Kier alpha value is -8.86. The number of anilines is 5. The third-order valence-corrected chi connectivity index (χ3v) is 15.0. The van der Waals surface area contributed by atoms with E-state index in [0.29, 0.717) is 0 Å². The van der Waals surface area contributed by atoms with Crippen LogP contribution in [0.2, 0.25) is 0 Å². The third kappa shape index (κ3) is 6.52. The van der Waals surface area contributed by atoms with Gasteiger partial charge in [-0.1, -0.05) is 176 Å². The van der Waals surface area contributed by atoms with Crippen LogP contribution in [0.5, 0.6) is 5.75 Å². The molecule has 0 N–H and O–H groups in total. The Morgan fingerprint density at radius 3 is 1.85 bits per heavy atom. The molecular weight excluding hydrogens is 865 g/mol. The molecule has 4 aliphatic rings. The molecule has 0 bridgehead atoms. The van der Waals surface area contributed by atoms with Crippen LogP contribution in [0.1, 0.15) is 47.9 Å². The number of rotatable bonds is 8. The van der Waals surface area contributed by atoms with Gasteiger partial charge in [0.1, 0.15) is 11.3 Å². The minimum atomic E-state index is -0.541. The smallest absolute Gasteiger partial charge is 0.159 e. The summed E-state index contributed by atoms with van der Waals surface area (Å²) < 4.78 is 14.5. The van der Waals surface area contributed by atoms with Crippen LogP contribution in [0.4, 0.5) is 28.4 Å². The minimum absolute atomic E-state index is 0.541. The Balaban J connectivity index is 0.949. The van der Waals surface area contributed by atoms with E-state index in [-0.39, 0.29) is 0 Å². The first-order valence-electron chi connectivity index (χ1n) is 24.9. The maximum atomic E-state index is 7.27. The normalized spacial score (nSPS) is 15.1. The molecule has 2 heterocycles. The number of para-hydroxylation sites is 3. The summed E-state index contributed by atoms with van der Waals surface area (Å²) in [5.41, 5.74) is 19.8. The second kappa shape index (κ2) is 16.7. The van der Waals surface area contributed by atoms with Gasteiger partial charge in [-0.15, -0.1) is 0 Å². The number of nitrogens with zero attached hydrogens (tertiary/aromatic N) is 2. The molecule has 0 atom stereocenters. The molecule has 10 aromatic rings. The van der Waals surface area contributed by atoms with Gasteiger partial charge in [0.2, 0.25) is 0 Å². The van der Waals surface area contributed by atoms with Crippen molar-refractivity contribution in [3.8, 4) is 28.0 Å². The van der Waals surface area contributed by atoms with E-state index >= 15 is 0 Å². The highest BCUT2D eigenvalue weighted by Crippen LogP contribution is 2.63. The summed E-state index contributed by atoms with van der Waals surface area (Å²) in [4.78, 5) is 4.78. The SMILES string of the molecule is C1=CCCC(c2cccc(N(c3cccc(-c4ccccc4)c3)c3cccc4c3oc3cc(N(C5=C6Oc7ccccc7C7(C6=CCC5)c5ccccc5-c5ccccc57)c5ccccc5)ccc34)c2)=C1. The molecule has 1 aromatic heterocycles. The highest BCUT2D eigenvalue weighted by Gasteiger charge is 2.53. The van der Waals surface area contributed by atoms with E-state index in [0.717, 1.165) is 98.8 Å². The molecule has 0 unspecified atom stereocenters. The lowest BCUT2D eigenvalue weighted by Crippen LogP contribution is -2.38. The van der Waals surface area contributed by atoms with Crippen molar-refractivity contribution in [2.75, 3.05) is 9.80 Å². The zero-order valence-electron chi connectivity index (χ0n) is 39.1. The molecular formula is C67H48N2O2. The zero-order valence-corrected chi connectivity index (χ0v) is 39.1. The van der Waals surface area contributed by atoms with Gasteiger partial charge in [-0.05, 0) is 131 Å². The van der Waals surface area contributed by atoms with Crippen LogP contribution >= 0.6 is 0 Å². The summed E-state index contributed by atoms with van der Waals surface area (Å²) in [7, 11) is 0. The second-order valence-electron chi connectivity index (χ2n) is 18.9. The highest BCUT2D eigenvalue weighted by atomic mass is 16.5. The van der Waals surface area contributed by atoms with E-state index in [9.17, 15) is 0 Å². The zero-order chi connectivity index (χ0) is 46.9. The summed E-state index contributed by atoms with van der Waals surface area (Å²) in [5, 5.41) is 2.13. The Morgan fingerprint density at radius 1 is 0.451 bits per heavy atom. The largest absolute Gasteiger partial charge is 0.455 e. The van der Waals surface area contributed by atoms with Crippen molar-refractivity contribution in [2.45, 2.75) is 31.1 Å². The van der Waals surface area contributed by atoms with E-state index < -0.39 is 5.41 Å². The quantitative estimate of drug-likeness (QED) is 0.152. The lowest BCUT2D eigenvalue weighted by atomic mass is 9.64. The predicted molar refractivity (Wildman–Crippen MR) is 292 cm³/mol. The number of allylic oxidation sites excluding steroid dienone is 7. The Kier molecular flexibility index (Phi) is 9.67. The van der Waals surface area contributed by atoms with E-state index in [2.05, 4.69) is 252 Å². The molecule has 0 radical (unpaired) electrons. The van der Waals surface area contributed by atoms with Gasteiger partial charge in [0, 0.05) is 50.7 Å². The molecule has 338 valence electrons. The van der Waals surface area contributed by atoms with Gasteiger partial charge in [-0.3, -0.25) is 0 Å².